The van der Waals surface area contributed by atoms with Crippen molar-refractivity contribution in [2.75, 3.05) is 18.9 Å². The third-order valence-corrected chi connectivity index (χ3v) is 4.04. The standard InChI is InChI=1S/C14H19ClN4O6/c1-6(20)23-4-9-12(24-7(2)21)10(15)14(25-9)19-5-18-11(13(19)17)8(22)3-16/h5,9-10,12,14H,3-4,16-17H2,1-2H3/t9-,10-,12-,14-/m1/s1. The highest BCUT2D eigenvalue weighted by Crippen LogP contribution is 2.37. The van der Waals surface area contributed by atoms with Gasteiger partial charge in [-0.3, -0.25) is 19.0 Å². The first kappa shape index (κ1) is 19.2. The summed E-state index contributed by atoms with van der Waals surface area (Å²) in [5.41, 5.74) is 11.2. The molecule has 10 nitrogen and oxygen atoms in total. The highest BCUT2D eigenvalue weighted by Gasteiger charge is 2.48. The molecule has 0 saturated carbocycles. The van der Waals surface area contributed by atoms with Crippen LogP contribution in [-0.2, 0) is 23.8 Å². The second-order valence-corrected chi connectivity index (χ2v) is 5.90. The fourth-order valence-electron chi connectivity index (χ4n) is 2.47. The number of Topliss-reactive ketones (excluding diaryl/α,β-unsaturated/α-hetero) is 1. The Balaban J connectivity index is 2.26. The van der Waals surface area contributed by atoms with Crippen LogP contribution in [0.2, 0.25) is 0 Å². The predicted octanol–water partition coefficient (Wildman–Crippen LogP) is -0.394. The molecule has 0 aliphatic carbocycles. The summed E-state index contributed by atoms with van der Waals surface area (Å²) in [5.74, 6) is -1.49. The van der Waals surface area contributed by atoms with Crippen LogP contribution in [0.15, 0.2) is 6.33 Å². The topological polar surface area (TPSA) is 149 Å². The molecule has 1 aliphatic rings. The van der Waals surface area contributed by atoms with Crippen molar-refractivity contribution in [2.45, 2.75) is 37.7 Å². The number of ether oxygens (including phenoxy) is 3. The quantitative estimate of drug-likeness (QED) is 0.385. The van der Waals surface area contributed by atoms with Crippen LogP contribution in [0.3, 0.4) is 0 Å². The van der Waals surface area contributed by atoms with Crippen LogP contribution in [0.5, 0.6) is 0 Å². The monoisotopic (exact) mass is 374 g/mol. The molecule has 2 rings (SSSR count). The van der Waals surface area contributed by atoms with Crippen LogP contribution in [0.25, 0.3) is 0 Å². The van der Waals surface area contributed by atoms with E-state index < -0.39 is 41.5 Å². The number of aromatic nitrogens is 2. The number of halogens is 1. The number of carbonyl (C=O) groups is 3. The molecule has 1 aliphatic heterocycles. The molecular weight excluding hydrogens is 356 g/mol. The van der Waals surface area contributed by atoms with E-state index in [2.05, 4.69) is 4.98 Å². The Morgan fingerprint density at radius 3 is 2.60 bits per heavy atom. The maximum absolute atomic E-state index is 11.7. The van der Waals surface area contributed by atoms with E-state index in [0.717, 1.165) is 0 Å². The summed E-state index contributed by atoms with van der Waals surface area (Å²) >= 11 is 6.37. The summed E-state index contributed by atoms with van der Waals surface area (Å²) in [6.07, 6.45) is -1.26. The zero-order valence-corrected chi connectivity index (χ0v) is 14.4. The molecule has 11 heteroatoms. The summed E-state index contributed by atoms with van der Waals surface area (Å²) in [5, 5.41) is -0.846. The first-order chi connectivity index (χ1) is 11.8. The Morgan fingerprint density at radius 1 is 1.36 bits per heavy atom. The molecule has 1 aromatic heterocycles. The number of nitrogen functional groups attached to an aromatic ring is 1. The summed E-state index contributed by atoms with van der Waals surface area (Å²) in [6.45, 7) is 2.06. The van der Waals surface area contributed by atoms with Crippen LogP contribution >= 0.6 is 11.6 Å². The van der Waals surface area contributed by atoms with E-state index in [-0.39, 0.29) is 24.7 Å². The van der Waals surface area contributed by atoms with Gasteiger partial charge in [-0.2, -0.15) is 0 Å². The van der Waals surface area contributed by atoms with Gasteiger partial charge in [0.15, 0.2) is 18.1 Å². The normalized spacial score (nSPS) is 25.6. The number of hydrogen-bond donors (Lipinski definition) is 2. The molecule has 138 valence electrons. The van der Waals surface area contributed by atoms with Crippen molar-refractivity contribution in [2.24, 2.45) is 5.73 Å². The minimum atomic E-state index is -0.876. The van der Waals surface area contributed by atoms with E-state index >= 15 is 0 Å². The van der Waals surface area contributed by atoms with E-state index in [4.69, 9.17) is 37.3 Å². The second-order valence-electron chi connectivity index (χ2n) is 5.40. The molecule has 0 bridgehead atoms. The van der Waals surface area contributed by atoms with Crippen molar-refractivity contribution in [1.82, 2.24) is 9.55 Å². The van der Waals surface area contributed by atoms with Crippen molar-refractivity contribution in [3.8, 4) is 0 Å². The molecule has 2 heterocycles. The Morgan fingerprint density at radius 2 is 2.04 bits per heavy atom. The number of ketones is 1. The van der Waals surface area contributed by atoms with Crippen molar-refractivity contribution >= 4 is 35.1 Å². The second kappa shape index (κ2) is 7.81. The third-order valence-electron chi connectivity index (χ3n) is 3.58. The average molecular weight is 375 g/mol. The lowest BCUT2D eigenvalue weighted by Crippen LogP contribution is -2.35. The SMILES string of the molecule is CC(=O)OC[C@H]1O[C@@H](n2cnc(C(=O)CN)c2N)[C@H](Cl)[C@@H]1OC(C)=O. The van der Waals surface area contributed by atoms with Crippen molar-refractivity contribution in [1.29, 1.82) is 0 Å². The lowest BCUT2D eigenvalue weighted by molar-refractivity contribution is -0.155. The number of imidazole rings is 1. The Bertz CT molecular complexity index is 678. The van der Waals surface area contributed by atoms with E-state index in [1.54, 1.807) is 0 Å². The van der Waals surface area contributed by atoms with Gasteiger partial charge in [0.25, 0.3) is 0 Å². The van der Waals surface area contributed by atoms with Crippen LogP contribution in [0.4, 0.5) is 5.82 Å². The van der Waals surface area contributed by atoms with Gasteiger partial charge in [-0.25, -0.2) is 4.98 Å². The number of rotatable bonds is 6. The molecule has 4 atom stereocenters. The molecule has 1 saturated heterocycles. The lowest BCUT2D eigenvalue weighted by atomic mass is 10.1. The fraction of sp³-hybridized carbons (Fsp3) is 0.571. The Kier molecular flexibility index (Phi) is 5.98. The largest absolute Gasteiger partial charge is 0.463 e. The first-order valence-electron chi connectivity index (χ1n) is 7.42. The molecule has 1 fully saturated rings. The summed E-state index contributed by atoms with van der Waals surface area (Å²) in [7, 11) is 0. The van der Waals surface area contributed by atoms with Gasteiger partial charge < -0.3 is 25.7 Å². The van der Waals surface area contributed by atoms with Crippen molar-refractivity contribution in [3.63, 3.8) is 0 Å². The minimum Gasteiger partial charge on any atom is -0.463 e. The highest BCUT2D eigenvalue weighted by molar-refractivity contribution is 6.21. The first-order valence-corrected chi connectivity index (χ1v) is 7.85. The summed E-state index contributed by atoms with van der Waals surface area (Å²) < 4.78 is 17.2. The number of hydrogen-bond acceptors (Lipinski definition) is 9. The number of alkyl halides is 1. The zero-order valence-electron chi connectivity index (χ0n) is 13.7. The molecule has 0 unspecified atom stereocenters. The highest BCUT2D eigenvalue weighted by atomic mass is 35.5. The summed E-state index contributed by atoms with van der Waals surface area (Å²) in [4.78, 5) is 38.0. The molecule has 4 N–H and O–H groups in total. The van der Waals surface area contributed by atoms with Gasteiger partial charge in [0.2, 0.25) is 0 Å². The maximum atomic E-state index is 11.7. The molecule has 0 aromatic carbocycles. The van der Waals surface area contributed by atoms with Gasteiger partial charge in [-0.15, -0.1) is 11.6 Å². The Labute approximate surface area is 148 Å². The van der Waals surface area contributed by atoms with Crippen molar-refractivity contribution < 1.29 is 28.6 Å². The maximum Gasteiger partial charge on any atom is 0.303 e. The van der Waals surface area contributed by atoms with Gasteiger partial charge in [0, 0.05) is 13.8 Å². The number of anilines is 1. The fourth-order valence-corrected chi connectivity index (χ4v) is 2.86. The van der Waals surface area contributed by atoms with Crippen molar-refractivity contribution in [3.05, 3.63) is 12.0 Å². The number of carbonyl (C=O) groups excluding carboxylic acids is 3. The van der Waals surface area contributed by atoms with Crippen LogP contribution in [-0.4, -0.2) is 58.0 Å². The predicted molar refractivity (Wildman–Crippen MR) is 85.8 cm³/mol. The van der Waals surface area contributed by atoms with E-state index in [1.165, 1.54) is 24.7 Å². The van der Waals surface area contributed by atoms with Crippen LogP contribution in [0, 0.1) is 0 Å². The van der Waals surface area contributed by atoms with E-state index in [0.29, 0.717) is 0 Å². The molecule has 0 radical (unpaired) electrons. The van der Waals surface area contributed by atoms with Gasteiger partial charge in [0.05, 0.1) is 12.9 Å². The van der Waals surface area contributed by atoms with Gasteiger partial charge in [0.1, 0.15) is 29.6 Å². The van der Waals surface area contributed by atoms with Gasteiger partial charge in [-0.1, -0.05) is 0 Å². The number of nitrogens with two attached hydrogens (primary N) is 2. The number of esters is 2. The molecular formula is C14H19ClN4O6. The van der Waals surface area contributed by atoms with Gasteiger partial charge >= 0.3 is 11.9 Å². The number of nitrogens with zero attached hydrogens (tertiary/aromatic N) is 2. The summed E-state index contributed by atoms with van der Waals surface area (Å²) in [6, 6.07) is 0. The molecule has 1 aromatic rings. The lowest BCUT2D eigenvalue weighted by Gasteiger charge is -2.19. The van der Waals surface area contributed by atoms with Gasteiger partial charge in [-0.05, 0) is 0 Å². The molecule has 0 spiro atoms. The molecule has 25 heavy (non-hydrogen) atoms. The van der Waals surface area contributed by atoms with E-state index in [9.17, 15) is 14.4 Å². The van der Waals surface area contributed by atoms with E-state index in [1.807, 2.05) is 0 Å². The average Bonchev–Trinajstić information content (AvgIpc) is 3.06. The van der Waals surface area contributed by atoms with Crippen LogP contribution in [0.1, 0.15) is 30.6 Å². The molecule has 0 amide bonds. The minimum absolute atomic E-state index is 0.00226. The van der Waals surface area contributed by atoms with Crippen LogP contribution < -0.4 is 11.5 Å². The smallest absolute Gasteiger partial charge is 0.303 e. The Hall–Kier alpha value is -2.17. The third kappa shape index (κ3) is 4.09. The zero-order chi connectivity index (χ0) is 18.7.